The third-order valence-corrected chi connectivity index (χ3v) is 2.97. The van der Waals surface area contributed by atoms with Gasteiger partial charge in [-0.05, 0) is 6.92 Å². The van der Waals surface area contributed by atoms with E-state index in [4.69, 9.17) is 20.3 Å². The molecule has 0 aliphatic carbocycles. The molecule has 0 aliphatic rings. The highest BCUT2D eigenvalue weighted by Gasteiger charge is 2.25. The van der Waals surface area contributed by atoms with Crippen LogP contribution in [0.1, 0.15) is 13.2 Å². The number of fused-ring (bicyclic) bond motifs is 1. The lowest BCUT2D eigenvalue weighted by Gasteiger charge is -2.22. The molecular formula is C9H14N5O5P. The van der Waals surface area contributed by atoms with Gasteiger partial charge < -0.3 is 25.4 Å². The van der Waals surface area contributed by atoms with E-state index < -0.39 is 26.3 Å². The fraction of sp³-hybridized carbons (Fsp3) is 0.444. The van der Waals surface area contributed by atoms with Crippen LogP contribution in [0.5, 0.6) is 0 Å². The van der Waals surface area contributed by atoms with E-state index in [1.807, 2.05) is 0 Å². The zero-order valence-corrected chi connectivity index (χ0v) is 11.4. The Balaban J connectivity index is 2.37. The molecule has 2 rings (SSSR count). The first-order valence-corrected chi connectivity index (χ1v) is 7.36. The first-order chi connectivity index (χ1) is 9.29. The normalized spacial score (nSPS) is 15.4. The Kier molecular flexibility index (Phi) is 4.02. The number of ether oxygens (including phenoxy) is 1. The summed E-state index contributed by atoms with van der Waals surface area (Å²) in [6, 6.07) is 0. The van der Waals surface area contributed by atoms with Crippen molar-refractivity contribution < 1.29 is 24.2 Å². The van der Waals surface area contributed by atoms with Crippen molar-refractivity contribution in [3.8, 4) is 0 Å². The lowest BCUT2D eigenvalue weighted by Crippen LogP contribution is -2.24. The van der Waals surface area contributed by atoms with Crippen LogP contribution in [0.3, 0.4) is 0 Å². The number of nitrogens with zero attached hydrogens (tertiary/aromatic N) is 4. The van der Waals surface area contributed by atoms with E-state index in [1.54, 1.807) is 0 Å². The SMILES string of the molecule is C[C@@H](O)[C@@H](OCP(=O)(O)O)n1cnc2c(N)ncnc21. The average Bonchev–Trinajstić information content (AvgIpc) is 2.73. The van der Waals surface area contributed by atoms with Gasteiger partial charge in [0.2, 0.25) is 0 Å². The van der Waals surface area contributed by atoms with E-state index >= 15 is 0 Å². The summed E-state index contributed by atoms with van der Waals surface area (Å²) in [5, 5.41) is 9.71. The summed E-state index contributed by atoms with van der Waals surface area (Å²) in [4.78, 5) is 29.4. The molecule has 0 fully saturated rings. The quantitative estimate of drug-likeness (QED) is 0.531. The fourth-order valence-corrected chi connectivity index (χ4v) is 2.03. The van der Waals surface area contributed by atoms with Crippen molar-refractivity contribution in [2.45, 2.75) is 19.3 Å². The molecule has 0 radical (unpaired) electrons. The minimum atomic E-state index is -4.36. The maximum atomic E-state index is 10.9. The van der Waals surface area contributed by atoms with E-state index in [1.165, 1.54) is 24.1 Å². The zero-order chi connectivity index (χ0) is 14.9. The van der Waals surface area contributed by atoms with E-state index in [-0.39, 0.29) is 5.82 Å². The van der Waals surface area contributed by atoms with Crippen LogP contribution in [0.4, 0.5) is 5.82 Å². The van der Waals surface area contributed by atoms with Gasteiger partial charge in [-0.25, -0.2) is 15.0 Å². The van der Waals surface area contributed by atoms with Crippen molar-refractivity contribution in [3.05, 3.63) is 12.7 Å². The third-order valence-electron chi connectivity index (χ3n) is 2.49. The second kappa shape index (κ2) is 5.43. The number of imidazole rings is 1. The number of hydrogen-bond acceptors (Lipinski definition) is 7. The van der Waals surface area contributed by atoms with E-state index in [0.29, 0.717) is 11.2 Å². The van der Waals surface area contributed by atoms with Crippen LogP contribution in [0.25, 0.3) is 11.2 Å². The molecule has 20 heavy (non-hydrogen) atoms. The van der Waals surface area contributed by atoms with Crippen LogP contribution >= 0.6 is 7.60 Å². The van der Waals surface area contributed by atoms with Crippen LogP contribution < -0.4 is 5.73 Å². The number of nitrogens with two attached hydrogens (primary N) is 1. The van der Waals surface area contributed by atoms with Gasteiger partial charge in [-0.1, -0.05) is 0 Å². The van der Waals surface area contributed by atoms with Crippen molar-refractivity contribution >= 4 is 24.6 Å². The number of aliphatic hydroxyl groups is 1. The number of aromatic nitrogens is 4. The predicted molar refractivity (Wildman–Crippen MR) is 68.4 cm³/mol. The average molecular weight is 303 g/mol. The van der Waals surface area contributed by atoms with Crippen LogP contribution in [0, 0.1) is 0 Å². The van der Waals surface area contributed by atoms with E-state index in [2.05, 4.69) is 15.0 Å². The Labute approximate surface area is 113 Å². The van der Waals surface area contributed by atoms with Gasteiger partial charge in [0.05, 0.1) is 12.4 Å². The van der Waals surface area contributed by atoms with Gasteiger partial charge in [0.1, 0.15) is 11.8 Å². The summed E-state index contributed by atoms with van der Waals surface area (Å²) in [7, 11) is -4.36. The Morgan fingerprint density at radius 3 is 2.75 bits per heavy atom. The molecule has 0 spiro atoms. The first-order valence-electron chi connectivity index (χ1n) is 5.57. The molecule has 0 unspecified atom stereocenters. The van der Waals surface area contributed by atoms with Crippen molar-refractivity contribution in [3.63, 3.8) is 0 Å². The van der Waals surface area contributed by atoms with Gasteiger partial charge in [0.25, 0.3) is 0 Å². The van der Waals surface area contributed by atoms with Crippen LogP contribution in [-0.2, 0) is 9.30 Å². The number of aliphatic hydroxyl groups excluding tert-OH is 1. The van der Waals surface area contributed by atoms with Crippen molar-refractivity contribution in [2.24, 2.45) is 0 Å². The number of nitrogen functional groups attached to an aromatic ring is 1. The van der Waals surface area contributed by atoms with Gasteiger partial charge >= 0.3 is 7.60 Å². The number of rotatable bonds is 5. The highest BCUT2D eigenvalue weighted by molar-refractivity contribution is 7.51. The molecule has 2 atom stereocenters. The van der Waals surface area contributed by atoms with E-state index in [9.17, 15) is 9.67 Å². The molecule has 10 nitrogen and oxygen atoms in total. The molecule has 5 N–H and O–H groups in total. The van der Waals surface area contributed by atoms with Gasteiger partial charge in [0, 0.05) is 0 Å². The lowest BCUT2D eigenvalue weighted by molar-refractivity contribution is -0.0593. The molecule has 0 bridgehead atoms. The van der Waals surface area contributed by atoms with Crippen molar-refractivity contribution in [2.75, 3.05) is 12.1 Å². The maximum absolute atomic E-state index is 10.9. The first kappa shape index (κ1) is 14.8. The minimum Gasteiger partial charge on any atom is -0.389 e. The van der Waals surface area contributed by atoms with E-state index in [0.717, 1.165) is 0 Å². The Bertz CT molecular complexity index is 653. The largest absolute Gasteiger partial charge is 0.389 e. The topological polar surface area (TPSA) is 157 Å². The van der Waals surface area contributed by atoms with Crippen LogP contribution in [0.2, 0.25) is 0 Å². The Morgan fingerprint density at radius 2 is 2.15 bits per heavy atom. The molecule has 0 aliphatic heterocycles. The van der Waals surface area contributed by atoms with Crippen LogP contribution in [0.15, 0.2) is 12.7 Å². The fourth-order valence-electron chi connectivity index (χ4n) is 1.68. The van der Waals surface area contributed by atoms with Crippen LogP contribution in [-0.4, -0.2) is 46.9 Å². The summed E-state index contributed by atoms with van der Waals surface area (Å²) < 4.78 is 17.3. The summed E-state index contributed by atoms with van der Waals surface area (Å²) >= 11 is 0. The van der Waals surface area contributed by atoms with Crippen molar-refractivity contribution in [1.29, 1.82) is 0 Å². The summed E-state index contributed by atoms with van der Waals surface area (Å²) in [6.07, 6.45) is -0.398. The smallest absolute Gasteiger partial charge is 0.351 e. The predicted octanol–water partition coefficient (Wildman–Crippen LogP) is -0.560. The molecule has 0 amide bonds. The highest BCUT2D eigenvalue weighted by Crippen LogP contribution is 2.36. The monoisotopic (exact) mass is 303 g/mol. The maximum Gasteiger partial charge on any atom is 0.351 e. The molecule has 0 saturated heterocycles. The number of anilines is 1. The molecule has 110 valence electrons. The number of hydrogen-bond donors (Lipinski definition) is 4. The standard InChI is InChI=1S/C9H14N5O5P/c1-5(15)9(19-4-20(16,17)18)14-3-13-6-7(10)11-2-12-8(6)14/h2-3,5,9,15H,4H2,1H3,(H2,10,11,12)(H2,16,17,18)/t5-,9-/m1/s1. The van der Waals surface area contributed by atoms with Gasteiger partial charge in [-0.15, -0.1) is 0 Å². The molecular weight excluding hydrogens is 289 g/mol. The molecule has 2 aromatic heterocycles. The molecule has 0 aromatic carbocycles. The molecule has 2 heterocycles. The minimum absolute atomic E-state index is 0.160. The highest BCUT2D eigenvalue weighted by atomic mass is 31.2. The molecule has 0 saturated carbocycles. The second-order valence-corrected chi connectivity index (χ2v) is 5.76. The van der Waals surface area contributed by atoms with Gasteiger partial charge in [-0.2, -0.15) is 0 Å². The summed E-state index contributed by atoms with van der Waals surface area (Å²) in [5.74, 6) is 0.160. The Hall–Kier alpha value is -1.58. The Morgan fingerprint density at radius 1 is 1.45 bits per heavy atom. The molecule has 11 heteroatoms. The second-order valence-electron chi connectivity index (χ2n) is 4.17. The summed E-state index contributed by atoms with van der Waals surface area (Å²) in [5.41, 5.74) is 6.25. The van der Waals surface area contributed by atoms with Crippen molar-refractivity contribution in [1.82, 2.24) is 19.5 Å². The molecule has 2 aromatic rings. The third kappa shape index (κ3) is 3.11. The zero-order valence-electron chi connectivity index (χ0n) is 10.5. The lowest BCUT2D eigenvalue weighted by atomic mass is 10.3. The van der Waals surface area contributed by atoms with Gasteiger partial charge in [0.15, 0.2) is 24.0 Å². The van der Waals surface area contributed by atoms with Gasteiger partial charge in [-0.3, -0.25) is 9.13 Å². The summed E-state index contributed by atoms with van der Waals surface area (Å²) in [6.45, 7) is 1.42.